The number of fused-ring (bicyclic) bond motifs is 1. The quantitative estimate of drug-likeness (QED) is 0.889. The molecule has 0 spiro atoms. The fraction of sp³-hybridized carbons (Fsp3) is 0.583. The molecule has 4 nitrogen and oxygen atoms in total. The van der Waals surface area contributed by atoms with Crippen LogP contribution >= 0.6 is 11.3 Å². The SMILES string of the molecule is COC(C)(C)CC(O)Cc1cn2ccsc2n1. The van der Waals surface area contributed by atoms with Gasteiger partial charge in [-0.15, -0.1) is 11.3 Å². The van der Waals surface area contributed by atoms with Gasteiger partial charge in [-0.3, -0.25) is 4.40 Å². The molecule has 0 aromatic carbocycles. The van der Waals surface area contributed by atoms with Gasteiger partial charge in [0.1, 0.15) is 0 Å². The second-order valence-electron chi connectivity index (χ2n) is 4.85. The van der Waals surface area contributed by atoms with Gasteiger partial charge >= 0.3 is 0 Å². The standard InChI is InChI=1S/C12H18N2O2S/c1-12(2,16-3)7-10(15)6-9-8-14-4-5-17-11(14)13-9/h4-5,8,10,15H,6-7H2,1-3H3. The Kier molecular flexibility index (Phi) is 3.51. The highest BCUT2D eigenvalue weighted by Crippen LogP contribution is 2.19. The molecular weight excluding hydrogens is 236 g/mol. The average Bonchev–Trinajstić information content (AvgIpc) is 2.76. The van der Waals surface area contributed by atoms with E-state index in [4.69, 9.17) is 4.74 Å². The highest BCUT2D eigenvalue weighted by molar-refractivity contribution is 7.15. The number of hydrogen-bond donors (Lipinski definition) is 1. The van der Waals surface area contributed by atoms with Crippen LogP contribution in [0.15, 0.2) is 17.8 Å². The normalized spacial score (nSPS) is 14.4. The highest BCUT2D eigenvalue weighted by Gasteiger charge is 2.22. The highest BCUT2D eigenvalue weighted by atomic mass is 32.1. The number of hydrogen-bond acceptors (Lipinski definition) is 4. The van der Waals surface area contributed by atoms with Crippen LogP contribution in [0.25, 0.3) is 4.96 Å². The van der Waals surface area contributed by atoms with Crippen molar-refractivity contribution in [1.29, 1.82) is 0 Å². The largest absolute Gasteiger partial charge is 0.393 e. The smallest absolute Gasteiger partial charge is 0.193 e. The molecule has 0 amide bonds. The molecule has 17 heavy (non-hydrogen) atoms. The third-order valence-electron chi connectivity index (χ3n) is 2.87. The Labute approximate surface area is 105 Å². The number of methoxy groups -OCH3 is 1. The van der Waals surface area contributed by atoms with E-state index in [1.165, 1.54) is 0 Å². The van der Waals surface area contributed by atoms with Gasteiger partial charge in [-0.1, -0.05) is 0 Å². The number of aliphatic hydroxyl groups is 1. The molecular formula is C12H18N2O2S. The Balaban J connectivity index is 1.99. The van der Waals surface area contributed by atoms with Crippen LogP contribution < -0.4 is 0 Å². The van der Waals surface area contributed by atoms with Crippen molar-refractivity contribution in [3.63, 3.8) is 0 Å². The van der Waals surface area contributed by atoms with E-state index in [-0.39, 0.29) is 5.60 Å². The van der Waals surface area contributed by atoms with Crippen LogP contribution in [0.4, 0.5) is 0 Å². The first-order valence-electron chi connectivity index (χ1n) is 5.64. The zero-order chi connectivity index (χ0) is 12.5. The minimum absolute atomic E-state index is 0.295. The fourth-order valence-electron chi connectivity index (χ4n) is 1.84. The summed E-state index contributed by atoms with van der Waals surface area (Å²) in [5, 5.41) is 12.0. The predicted octanol–water partition coefficient (Wildman–Crippen LogP) is 2.11. The molecule has 0 radical (unpaired) electrons. The summed E-state index contributed by atoms with van der Waals surface area (Å²) >= 11 is 1.60. The second kappa shape index (κ2) is 4.76. The lowest BCUT2D eigenvalue weighted by Gasteiger charge is -2.25. The van der Waals surface area contributed by atoms with E-state index in [1.807, 2.05) is 36.0 Å². The van der Waals surface area contributed by atoms with Crippen LogP contribution in [0.3, 0.4) is 0 Å². The molecule has 2 aromatic rings. The maximum Gasteiger partial charge on any atom is 0.193 e. The molecule has 5 heteroatoms. The van der Waals surface area contributed by atoms with Crippen molar-refractivity contribution in [2.45, 2.75) is 38.4 Å². The van der Waals surface area contributed by atoms with Crippen LogP contribution in [0.2, 0.25) is 0 Å². The van der Waals surface area contributed by atoms with E-state index in [0.29, 0.717) is 12.8 Å². The minimum atomic E-state index is -0.422. The number of imidazole rings is 1. The van der Waals surface area contributed by atoms with Crippen molar-refractivity contribution in [3.05, 3.63) is 23.5 Å². The van der Waals surface area contributed by atoms with Crippen molar-refractivity contribution >= 4 is 16.3 Å². The van der Waals surface area contributed by atoms with E-state index in [9.17, 15) is 5.11 Å². The predicted molar refractivity (Wildman–Crippen MR) is 68.5 cm³/mol. The monoisotopic (exact) mass is 254 g/mol. The van der Waals surface area contributed by atoms with Gasteiger partial charge in [0, 0.05) is 37.7 Å². The molecule has 1 atom stereocenters. The van der Waals surface area contributed by atoms with Crippen molar-refractivity contribution in [3.8, 4) is 0 Å². The lowest BCUT2D eigenvalue weighted by atomic mass is 9.98. The van der Waals surface area contributed by atoms with Crippen LogP contribution in [0.5, 0.6) is 0 Å². The maximum atomic E-state index is 10.0. The number of aromatic nitrogens is 2. The third kappa shape index (κ3) is 3.06. The molecule has 0 saturated carbocycles. The first-order chi connectivity index (χ1) is 8.00. The lowest BCUT2D eigenvalue weighted by Crippen LogP contribution is -2.29. The fourth-order valence-corrected chi connectivity index (χ4v) is 2.56. The first kappa shape index (κ1) is 12.5. The zero-order valence-corrected chi connectivity index (χ0v) is 11.2. The van der Waals surface area contributed by atoms with Crippen molar-refractivity contribution < 1.29 is 9.84 Å². The van der Waals surface area contributed by atoms with Crippen molar-refractivity contribution in [1.82, 2.24) is 9.38 Å². The van der Waals surface area contributed by atoms with Gasteiger partial charge in [-0.2, -0.15) is 0 Å². The molecule has 2 heterocycles. The van der Waals surface area contributed by atoms with E-state index in [2.05, 4.69) is 4.98 Å². The van der Waals surface area contributed by atoms with Gasteiger partial charge < -0.3 is 9.84 Å². The Morgan fingerprint density at radius 1 is 1.59 bits per heavy atom. The molecule has 0 aliphatic heterocycles. The third-order valence-corrected chi connectivity index (χ3v) is 3.64. The zero-order valence-electron chi connectivity index (χ0n) is 10.4. The summed E-state index contributed by atoms with van der Waals surface area (Å²) in [4.78, 5) is 5.42. The van der Waals surface area contributed by atoms with Crippen LogP contribution in [0.1, 0.15) is 26.0 Å². The van der Waals surface area contributed by atoms with Crippen LogP contribution in [-0.2, 0) is 11.2 Å². The van der Waals surface area contributed by atoms with Gasteiger partial charge in [-0.05, 0) is 13.8 Å². The summed E-state index contributed by atoms with van der Waals surface area (Å²) in [7, 11) is 1.67. The minimum Gasteiger partial charge on any atom is -0.393 e. The van der Waals surface area contributed by atoms with E-state index >= 15 is 0 Å². The molecule has 1 unspecified atom stereocenters. The number of aliphatic hydroxyl groups excluding tert-OH is 1. The van der Waals surface area contributed by atoms with E-state index in [1.54, 1.807) is 18.4 Å². The Hall–Kier alpha value is -0.910. The summed E-state index contributed by atoms with van der Waals surface area (Å²) in [6.07, 6.45) is 4.70. The molecule has 0 aliphatic carbocycles. The number of rotatable bonds is 5. The first-order valence-corrected chi connectivity index (χ1v) is 6.52. The average molecular weight is 254 g/mol. The molecule has 94 valence electrons. The van der Waals surface area contributed by atoms with Crippen molar-refractivity contribution in [2.75, 3.05) is 7.11 Å². The lowest BCUT2D eigenvalue weighted by molar-refractivity contribution is -0.0192. The van der Waals surface area contributed by atoms with Gasteiger partial charge in [0.15, 0.2) is 4.96 Å². The molecule has 2 aromatic heterocycles. The van der Waals surface area contributed by atoms with E-state index in [0.717, 1.165) is 10.7 Å². The molecule has 2 rings (SSSR count). The van der Waals surface area contributed by atoms with Gasteiger partial charge in [0.25, 0.3) is 0 Å². The Bertz CT molecular complexity index is 461. The van der Waals surface area contributed by atoms with Gasteiger partial charge in [0.05, 0.1) is 17.4 Å². The molecule has 1 N–H and O–H groups in total. The summed E-state index contributed by atoms with van der Waals surface area (Å²) in [6.45, 7) is 3.95. The van der Waals surface area contributed by atoms with E-state index < -0.39 is 6.10 Å². The van der Waals surface area contributed by atoms with Gasteiger partial charge in [-0.25, -0.2) is 4.98 Å². The topological polar surface area (TPSA) is 46.8 Å². The number of ether oxygens (including phenoxy) is 1. The van der Waals surface area contributed by atoms with Crippen LogP contribution in [-0.4, -0.2) is 33.3 Å². The van der Waals surface area contributed by atoms with Gasteiger partial charge in [0.2, 0.25) is 0 Å². The second-order valence-corrected chi connectivity index (χ2v) is 5.72. The summed E-state index contributed by atoms with van der Waals surface area (Å²) in [6, 6.07) is 0. The molecule has 0 aliphatic rings. The van der Waals surface area contributed by atoms with Crippen molar-refractivity contribution in [2.24, 2.45) is 0 Å². The summed E-state index contributed by atoms with van der Waals surface area (Å²) in [5.41, 5.74) is 0.632. The Morgan fingerprint density at radius 2 is 2.35 bits per heavy atom. The maximum absolute atomic E-state index is 10.0. The molecule has 0 bridgehead atoms. The Morgan fingerprint density at radius 3 is 3.00 bits per heavy atom. The summed E-state index contributed by atoms with van der Waals surface area (Å²) in [5.74, 6) is 0. The summed E-state index contributed by atoms with van der Waals surface area (Å²) < 4.78 is 7.29. The molecule has 0 fully saturated rings. The molecule has 0 saturated heterocycles. The number of thiazole rings is 1. The number of nitrogens with zero attached hydrogens (tertiary/aromatic N) is 2. The van der Waals surface area contributed by atoms with Crippen LogP contribution in [0, 0.1) is 0 Å².